The van der Waals surface area contributed by atoms with Crippen LogP contribution in [0.4, 0.5) is 0 Å². The minimum Gasteiger partial charge on any atom is -0.354 e. The zero-order valence-electron chi connectivity index (χ0n) is 67.8. The van der Waals surface area contributed by atoms with Gasteiger partial charge in [0.1, 0.15) is 0 Å². The molecule has 0 atom stereocenters. The molecule has 3 aromatic heterocycles. The van der Waals surface area contributed by atoms with Crippen LogP contribution in [0, 0.1) is 0 Å². The molecule has 16 nitrogen and oxygen atoms in total. The van der Waals surface area contributed by atoms with E-state index in [1.165, 1.54) is 154 Å². The van der Waals surface area contributed by atoms with Crippen molar-refractivity contribution < 1.29 is 33.7 Å². The van der Waals surface area contributed by atoms with Crippen LogP contribution in [0.15, 0.2) is 141 Å². The summed E-state index contributed by atoms with van der Waals surface area (Å²) in [5, 5.41) is 0. The van der Waals surface area contributed by atoms with Crippen LogP contribution in [-0.4, -0.2) is 79.8 Å². The summed E-state index contributed by atoms with van der Waals surface area (Å²) in [6, 6.07) is 35.3. The summed E-state index contributed by atoms with van der Waals surface area (Å²) in [6.07, 6.45) is 53.4. The number of nitrogens with one attached hydrogen (secondary N) is 6. The minimum absolute atomic E-state index is 0.128. The van der Waals surface area contributed by atoms with Crippen LogP contribution in [0.5, 0.6) is 0 Å². The lowest BCUT2D eigenvalue weighted by molar-refractivity contribution is 0.548. The van der Waals surface area contributed by atoms with Crippen molar-refractivity contribution in [1.82, 2.24) is 38.8 Å². The monoisotopic (exact) mass is 1600 g/mol. The van der Waals surface area contributed by atoms with E-state index in [4.69, 9.17) is 9.97 Å². The molecule has 20 heteroatoms. The highest BCUT2D eigenvalue weighted by Gasteiger charge is 2.24. The second-order valence-corrected chi connectivity index (χ2v) is 38.0. The Kier molecular flexibility index (Phi) is 37.6. The van der Waals surface area contributed by atoms with Crippen molar-refractivity contribution in [2.24, 2.45) is 0 Å². The molecular weight excluding hydrogens is 1470 g/mol. The number of aromatic nitrogens is 4. The van der Waals surface area contributed by atoms with Crippen molar-refractivity contribution in [2.45, 2.75) is 304 Å². The highest BCUT2D eigenvalue weighted by atomic mass is 32.2. The molecule has 9 rings (SSSR count). The van der Waals surface area contributed by atoms with E-state index >= 15 is 0 Å². The molecule has 610 valence electrons. The fourth-order valence-corrected chi connectivity index (χ4v) is 19.5. The lowest BCUT2D eigenvalue weighted by Gasteiger charge is -2.10. The number of hydrogen-bond acceptors (Lipinski definition) is 10. The topological polar surface area (TPSA) is 242 Å². The van der Waals surface area contributed by atoms with Gasteiger partial charge >= 0.3 is 0 Å². The van der Waals surface area contributed by atoms with Gasteiger partial charge in [-0.05, 0) is 145 Å². The Morgan fingerprint density at radius 1 is 0.223 bits per heavy atom. The van der Waals surface area contributed by atoms with Crippen molar-refractivity contribution in [3.05, 3.63) is 144 Å². The van der Waals surface area contributed by atoms with E-state index in [9.17, 15) is 33.7 Å². The second kappa shape index (κ2) is 47.2. The van der Waals surface area contributed by atoms with Crippen LogP contribution >= 0.6 is 0 Å². The highest BCUT2D eigenvalue weighted by molar-refractivity contribution is 7.90. The van der Waals surface area contributed by atoms with Gasteiger partial charge in [-0.15, -0.1) is 0 Å². The van der Waals surface area contributed by atoms with Crippen LogP contribution in [-0.2, 0) is 40.1 Å². The molecule has 0 spiro atoms. The van der Waals surface area contributed by atoms with Gasteiger partial charge in [-0.25, -0.2) is 62.5 Å². The van der Waals surface area contributed by atoms with E-state index in [2.05, 4.69) is 56.6 Å². The van der Waals surface area contributed by atoms with Gasteiger partial charge in [0.2, 0.25) is 40.1 Å². The van der Waals surface area contributed by atoms with E-state index < -0.39 is 40.1 Å². The molecule has 0 fully saturated rings. The third kappa shape index (κ3) is 27.7. The maximum absolute atomic E-state index is 14.0. The molecule has 5 heterocycles. The number of H-pyrrole nitrogens is 2. The number of hydrogen-bond donors (Lipinski definition) is 6. The van der Waals surface area contributed by atoms with Crippen LogP contribution in [0.2, 0.25) is 0 Å². The Hall–Kier alpha value is -6.88. The molecule has 0 unspecified atom stereocenters. The predicted octanol–water partition coefficient (Wildman–Crippen LogP) is 24.1. The molecule has 4 aromatic carbocycles. The summed E-state index contributed by atoms with van der Waals surface area (Å²) in [7, 11) is -15.5. The molecule has 7 aromatic rings. The average Bonchev–Trinajstić information content (AvgIpc) is 1.61. The first-order valence-corrected chi connectivity index (χ1v) is 49.0. The summed E-state index contributed by atoms with van der Waals surface area (Å²) >= 11 is 0. The Morgan fingerprint density at radius 3 is 0.625 bits per heavy atom. The van der Waals surface area contributed by atoms with Gasteiger partial charge in [0, 0.05) is 70.5 Å². The lowest BCUT2D eigenvalue weighted by atomic mass is 10.0. The molecular formula is C92H130N8O8S4. The van der Waals surface area contributed by atoms with Crippen molar-refractivity contribution >= 4 is 86.5 Å². The SMILES string of the molecule is CCCCCCCCCCCCNS(=O)(=O)c1ccc(-c2c3nc(c(-c4ccc(S(=O)(=O)NCCCCCCCCCCCC)cc4)c4ccc([nH]4)c(-c4ccc(S(=O)(=O)NCCCCCCCCCCCC)cc4)c4ccc([nH]4)c(-c4ccc(S(=O)(=O)NCCCCCCCCCCCC)cc4)c4nc2C=C4)C=C3)cc1. The molecule has 112 heavy (non-hydrogen) atoms. The van der Waals surface area contributed by atoms with E-state index in [0.29, 0.717) is 116 Å². The number of fused-ring (bicyclic) bond motifs is 8. The molecule has 0 saturated heterocycles. The van der Waals surface area contributed by atoms with Crippen molar-refractivity contribution in [3.63, 3.8) is 0 Å². The van der Waals surface area contributed by atoms with E-state index in [1.54, 1.807) is 84.9 Å². The second-order valence-electron chi connectivity index (χ2n) is 30.9. The van der Waals surface area contributed by atoms with Gasteiger partial charge in [-0.2, -0.15) is 0 Å². The maximum atomic E-state index is 14.0. The molecule has 2 aliphatic heterocycles. The molecule has 2 aliphatic rings. The Labute approximate surface area is 673 Å². The van der Waals surface area contributed by atoms with Gasteiger partial charge in [-0.1, -0.05) is 307 Å². The molecule has 0 saturated carbocycles. The fourth-order valence-electron chi connectivity index (χ4n) is 15.2. The lowest BCUT2D eigenvalue weighted by Crippen LogP contribution is -2.24. The Balaban J connectivity index is 1.10. The van der Waals surface area contributed by atoms with E-state index in [0.717, 1.165) is 103 Å². The van der Waals surface area contributed by atoms with Crippen LogP contribution in [0.25, 0.3) is 90.9 Å². The zero-order chi connectivity index (χ0) is 79.3. The first kappa shape index (κ1) is 89.1. The summed E-state index contributed by atoms with van der Waals surface area (Å²) in [5.41, 5.74) is 10.1. The highest BCUT2D eigenvalue weighted by Crippen LogP contribution is 2.40. The third-order valence-corrected chi connectivity index (χ3v) is 27.8. The van der Waals surface area contributed by atoms with Crippen molar-refractivity contribution in [1.29, 1.82) is 0 Å². The predicted molar refractivity (Wildman–Crippen MR) is 469 cm³/mol. The van der Waals surface area contributed by atoms with E-state index in [-0.39, 0.29) is 19.6 Å². The number of benzene rings is 4. The third-order valence-electron chi connectivity index (χ3n) is 21.9. The number of unbranched alkanes of at least 4 members (excludes halogenated alkanes) is 36. The Morgan fingerprint density at radius 2 is 0.402 bits per heavy atom. The summed E-state index contributed by atoms with van der Waals surface area (Å²) in [6.45, 7) is 10.3. The maximum Gasteiger partial charge on any atom is 0.240 e. The summed E-state index contributed by atoms with van der Waals surface area (Å²) < 4.78 is 123. The standard InChI is InChI=1S/C92H130N8O8S4/c1-5-9-13-17-21-25-29-33-37-41-69-93-109(101,102)77-53-45-73(46-54-77)89-81-61-63-83(97-81)90(74-47-55-78(56-48-74)110(103,104)94-70-42-38-34-30-26-22-18-14-10-6-2)85-65-67-87(99-85)92(76-51-59-80(60-52-76)112(107,108)96-72-44-40-36-32-28-24-20-16-12-8-4)88-68-66-86(100-88)91(84-64-62-82(89)98-84)75-49-57-79(58-50-75)111(105,106)95-71-43-39-35-31-27-23-19-15-11-7-3/h45-68,93-98H,5-44,69-72H2,1-4H3. The van der Waals surface area contributed by atoms with Crippen LogP contribution in [0.1, 0.15) is 307 Å². The molecule has 0 amide bonds. The molecule has 8 bridgehead atoms. The number of aromatic amines is 2. The van der Waals surface area contributed by atoms with Gasteiger partial charge in [0.25, 0.3) is 0 Å². The summed E-state index contributed by atoms with van der Waals surface area (Å²) in [4.78, 5) is 19.0. The van der Waals surface area contributed by atoms with Crippen LogP contribution in [0.3, 0.4) is 0 Å². The Bertz CT molecular complexity index is 4530. The first-order valence-electron chi connectivity index (χ1n) is 43.0. The number of sulfonamides is 4. The van der Waals surface area contributed by atoms with Crippen LogP contribution < -0.4 is 18.9 Å². The smallest absolute Gasteiger partial charge is 0.240 e. The van der Waals surface area contributed by atoms with Crippen molar-refractivity contribution in [3.8, 4) is 44.5 Å². The van der Waals surface area contributed by atoms with Gasteiger partial charge in [-0.3, -0.25) is 0 Å². The fraction of sp³-hybridized carbons (Fsp3) is 0.522. The summed E-state index contributed by atoms with van der Waals surface area (Å²) in [5.74, 6) is 0. The minimum atomic E-state index is -3.87. The normalized spacial score (nSPS) is 12.6. The molecule has 6 N–H and O–H groups in total. The van der Waals surface area contributed by atoms with E-state index in [1.807, 2.05) is 60.7 Å². The molecule has 0 aliphatic carbocycles. The quantitative estimate of drug-likeness (QED) is 0.0197. The number of rotatable bonds is 56. The average molecular weight is 1600 g/mol. The zero-order valence-corrected chi connectivity index (χ0v) is 71.0. The van der Waals surface area contributed by atoms with Crippen molar-refractivity contribution in [2.75, 3.05) is 26.2 Å². The van der Waals surface area contributed by atoms with Gasteiger partial charge < -0.3 is 9.97 Å². The first-order chi connectivity index (χ1) is 54.5. The largest absolute Gasteiger partial charge is 0.354 e. The molecule has 0 radical (unpaired) electrons. The van der Waals surface area contributed by atoms with Gasteiger partial charge in [0.05, 0.1) is 42.4 Å². The number of nitrogens with zero attached hydrogens (tertiary/aromatic N) is 2. The van der Waals surface area contributed by atoms with Gasteiger partial charge in [0.15, 0.2) is 0 Å².